The molecule has 0 bridgehead atoms. The van der Waals surface area contributed by atoms with Gasteiger partial charge in [0.15, 0.2) is 11.5 Å². The Morgan fingerprint density at radius 3 is 2.40 bits per heavy atom. The normalized spacial score (nSPS) is 10.8. The molecule has 35 heavy (non-hydrogen) atoms. The molecule has 0 aliphatic rings. The predicted molar refractivity (Wildman–Crippen MR) is 135 cm³/mol. The Labute approximate surface area is 211 Å². The van der Waals surface area contributed by atoms with Gasteiger partial charge in [0.05, 0.1) is 24.0 Å². The topological polar surface area (TPSA) is 106 Å². The molecule has 178 valence electrons. The molecule has 0 spiro atoms. The quantitative estimate of drug-likeness (QED) is 0.119. The van der Waals surface area contributed by atoms with Gasteiger partial charge in [-0.1, -0.05) is 53.5 Å². The van der Waals surface area contributed by atoms with E-state index in [0.717, 1.165) is 5.56 Å². The highest BCUT2D eigenvalue weighted by molar-refractivity contribution is 6.42. The Morgan fingerprint density at radius 1 is 0.886 bits per heavy atom. The van der Waals surface area contributed by atoms with E-state index >= 15 is 0 Å². The number of amides is 2. The van der Waals surface area contributed by atoms with Crippen LogP contribution in [0.2, 0.25) is 10.0 Å². The van der Waals surface area contributed by atoms with E-state index in [1.54, 1.807) is 24.3 Å². The largest absolute Gasteiger partial charge is 0.493 e. The van der Waals surface area contributed by atoms with Gasteiger partial charge in [0.2, 0.25) is 0 Å². The molecule has 0 fully saturated rings. The van der Waals surface area contributed by atoms with E-state index in [9.17, 15) is 14.4 Å². The van der Waals surface area contributed by atoms with Crippen LogP contribution in [-0.2, 0) is 14.4 Å². The van der Waals surface area contributed by atoms with Gasteiger partial charge in [-0.05, 0) is 53.6 Å². The van der Waals surface area contributed by atoms with Crippen molar-refractivity contribution in [2.75, 3.05) is 12.4 Å². The lowest BCUT2D eigenvalue weighted by Gasteiger charge is -2.08. The van der Waals surface area contributed by atoms with Crippen LogP contribution in [0.15, 0.2) is 77.9 Å². The molecule has 3 aromatic carbocycles. The fourth-order valence-electron chi connectivity index (χ4n) is 2.71. The summed E-state index contributed by atoms with van der Waals surface area (Å²) in [6, 6.07) is 18.4. The number of hydrogen-bond donors (Lipinski definition) is 2. The van der Waals surface area contributed by atoms with Gasteiger partial charge in [-0.25, -0.2) is 10.2 Å². The van der Waals surface area contributed by atoms with Crippen LogP contribution < -0.4 is 20.2 Å². The van der Waals surface area contributed by atoms with Gasteiger partial charge in [0.1, 0.15) is 0 Å². The first kappa shape index (κ1) is 25.5. The molecule has 0 heterocycles. The number of ether oxygens (including phenoxy) is 2. The maximum absolute atomic E-state index is 12.1. The van der Waals surface area contributed by atoms with Crippen molar-refractivity contribution in [1.82, 2.24) is 5.43 Å². The van der Waals surface area contributed by atoms with E-state index in [0.29, 0.717) is 10.6 Å². The fourth-order valence-corrected chi connectivity index (χ4v) is 3.05. The highest BCUT2D eigenvalue weighted by Gasteiger charge is 2.15. The lowest BCUT2D eigenvalue weighted by atomic mass is 10.2. The number of esters is 1. The molecule has 0 saturated heterocycles. The minimum atomic E-state index is -1.01. The van der Waals surface area contributed by atoms with Crippen molar-refractivity contribution in [2.24, 2.45) is 5.10 Å². The van der Waals surface area contributed by atoms with Crippen molar-refractivity contribution >= 4 is 59.0 Å². The van der Waals surface area contributed by atoms with Crippen LogP contribution in [-0.4, -0.2) is 31.1 Å². The molecule has 0 atom stereocenters. The van der Waals surface area contributed by atoms with Crippen molar-refractivity contribution in [3.05, 3.63) is 94.0 Å². The van der Waals surface area contributed by atoms with Crippen LogP contribution in [0.1, 0.15) is 11.1 Å². The minimum Gasteiger partial charge on any atom is -0.493 e. The number of rotatable bonds is 7. The summed E-state index contributed by atoms with van der Waals surface area (Å²) in [5, 5.41) is 6.67. The first-order chi connectivity index (χ1) is 16.9. The molecule has 3 aromatic rings. The summed E-state index contributed by atoms with van der Waals surface area (Å²) in [4.78, 5) is 36.2. The van der Waals surface area contributed by atoms with Crippen LogP contribution in [0.4, 0.5) is 5.69 Å². The van der Waals surface area contributed by atoms with Crippen LogP contribution in [0.5, 0.6) is 11.5 Å². The van der Waals surface area contributed by atoms with E-state index in [1.807, 2.05) is 30.3 Å². The molecular formula is C25H19Cl2N3O5. The van der Waals surface area contributed by atoms with Crippen molar-refractivity contribution in [3.63, 3.8) is 0 Å². The van der Waals surface area contributed by atoms with Gasteiger partial charge in [0.25, 0.3) is 0 Å². The molecule has 3 rings (SSSR count). The highest BCUT2D eigenvalue weighted by Crippen LogP contribution is 2.28. The maximum Gasteiger partial charge on any atom is 0.336 e. The summed E-state index contributed by atoms with van der Waals surface area (Å²) in [6.07, 6.45) is 4.23. The third-order valence-electron chi connectivity index (χ3n) is 4.37. The first-order valence-electron chi connectivity index (χ1n) is 10.1. The summed E-state index contributed by atoms with van der Waals surface area (Å²) in [7, 11) is 1.42. The van der Waals surface area contributed by atoms with Gasteiger partial charge in [-0.15, -0.1) is 0 Å². The molecule has 0 unspecified atom stereocenters. The van der Waals surface area contributed by atoms with Crippen LogP contribution in [0.3, 0.4) is 0 Å². The van der Waals surface area contributed by atoms with E-state index < -0.39 is 17.8 Å². The van der Waals surface area contributed by atoms with Crippen LogP contribution >= 0.6 is 23.2 Å². The van der Waals surface area contributed by atoms with E-state index in [-0.39, 0.29) is 22.2 Å². The molecule has 0 aliphatic heterocycles. The molecule has 10 heteroatoms. The molecule has 8 nitrogen and oxygen atoms in total. The first-order valence-corrected chi connectivity index (χ1v) is 10.8. The Balaban J connectivity index is 1.58. The number of benzene rings is 3. The van der Waals surface area contributed by atoms with Crippen molar-refractivity contribution in [1.29, 1.82) is 0 Å². The number of halogens is 2. The lowest BCUT2D eigenvalue weighted by molar-refractivity contribution is -0.136. The second-order valence-electron chi connectivity index (χ2n) is 6.85. The number of hydrazone groups is 1. The van der Waals surface area contributed by atoms with Gasteiger partial charge >= 0.3 is 17.8 Å². The fraction of sp³-hybridized carbons (Fsp3) is 0.0400. The molecular weight excluding hydrogens is 493 g/mol. The zero-order valence-corrected chi connectivity index (χ0v) is 19.8. The molecule has 0 aromatic heterocycles. The number of carbonyl (C=O) groups is 3. The van der Waals surface area contributed by atoms with Crippen molar-refractivity contribution in [3.8, 4) is 11.5 Å². The second-order valence-corrected chi connectivity index (χ2v) is 7.70. The number of hydrogen-bond acceptors (Lipinski definition) is 6. The smallest absolute Gasteiger partial charge is 0.336 e. The summed E-state index contributed by atoms with van der Waals surface area (Å²) in [6.45, 7) is 0. The van der Waals surface area contributed by atoms with Gasteiger partial charge in [0, 0.05) is 11.1 Å². The third kappa shape index (κ3) is 7.70. The van der Waals surface area contributed by atoms with Gasteiger partial charge < -0.3 is 14.8 Å². The average molecular weight is 512 g/mol. The zero-order chi connectivity index (χ0) is 25.2. The Kier molecular flexibility index (Phi) is 9.00. The minimum absolute atomic E-state index is 0.191. The predicted octanol–water partition coefficient (Wildman–Crippen LogP) is 4.71. The van der Waals surface area contributed by atoms with E-state index in [1.165, 1.54) is 37.6 Å². The molecule has 0 aliphatic carbocycles. The SMILES string of the molecule is COc1cc(/C=N/NC(=O)C(=O)Nc2cc(Cl)ccc2Cl)ccc1OC(=O)/C=C/c1ccccc1. The Bertz CT molecular complexity index is 1290. The standard InChI is InChI=1S/C25H19Cl2N3O5/c1-34-22-13-17(7-11-21(22)35-23(31)12-8-16-5-3-2-4-6-16)15-28-30-25(33)24(32)29-20-14-18(26)9-10-19(20)27/h2-15H,1H3,(H,29,32)(H,30,33)/b12-8+,28-15+. The molecule has 0 saturated carbocycles. The monoisotopic (exact) mass is 511 g/mol. The number of anilines is 1. The third-order valence-corrected chi connectivity index (χ3v) is 4.94. The summed E-state index contributed by atoms with van der Waals surface area (Å²) in [5.41, 5.74) is 3.67. The summed E-state index contributed by atoms with van der Waals surface area (Å²) < 4.78 is 10.6. The highest BCUT2D eigenvalue weighted by atomic mass is 35.5. The summed E-state index contributed by atoms with van der Waals surface area (Å²) in [5.74, 6) is -2.09. The zero-order valence-electron chi connectivity index (χ0n) is 18.3. The molecule has 2 amide bonds. The Hall–Kier alpha value is -4.14. The maximum atomic E-state index is 12.1. The van der Waals surface area contributed by atoms with E-state index in [2.05, 4.69) is 15.8 Å². The second kappa shape index (κ2) is 12.4. The number of methoxy groups -OCH3 is 1. The van der Waals surface area contributed by atoms with Gasteiger partial charge in [-0.2, -0.15) is 5.10 Å². The van der Waals surface area contributed by atoms with Crippen molar-refractivity contribution in [2.45, 2.75) is 0 Å². The average Bonchev–Trinajstić information content (AvgIpc) is 2.86. The van der Waals surface area contributed by atoms with Crippen molar-refractivity contribution < 1.29 is 23.9 Å². The molecule has 2 N–H and O–H groups in total. The number of carbonyl (C=O) groups excluding carboxylic acids is 3. The number of nitrogens with zero attached hydrogens (tertiary/aromatic N) is 1. The lowest BCUT2D eigenvalue weighted by Crippen LogP contribution is -2.32. The number of nitrogens with one attached hydrogen (secondary N) is 2. The van der Waals surface area contributed by atoms with E-state index in [4.69, 9.17) is 32.7 Å². The Morgan fingerprint density at radius 2 is 1.66 bits per heavy atom. The van der Waals surface area contributed by atoms with Gasteiger partial charge in [-0.3, -0.25) is 9.59 Å². The molecule has 0 radical (unpaired) electrons. The summed E-state index contributed by atoms with van der Waals surface area (Å²) >= 11 is 11.8. The van der Waals surface area contributed by atoms with Crippen LogP contribution in [0, 0.1) is 0 Å². The van der Waals surface area contributed by atoms with Crippen LogP contribution in [0.25, 0.3) is 6.08 Å².